The van der Waals surface area contributed by atoms with Gasteiger partial charge in [0.25, 0.3) is 0 Å². The molecule has 0 spiro atoms. The Morgan fingerprint density at radius 3 is 2.79 bits per heavy atom. The number of aryl methyl sites for hydroxylation is 1. The summed E-state index contributed by atoms with van der Waals surface area (Å²) in [4.78, 5) is 15.7. The Morgan fingerprint density at radius 2 is 2.00 bits per heavy atom. The average molecular weight is 387 g/mol. The van der Waals surface area contributed by atoms with E-state index in [2.05, 4.69) is 33.2 Å². The van der Waals surface area contributed by atoms with Gasteiger partial charge in [-0.3, -0.25) is 15.4 Å². The van der Waals surface area contributed by atoms with Crippen LogP contribution < -0.4 is 16.0 Å². The van der Waals surface area contributed by atoms with E-state index in [-0.39, 0.29) is 0 Å². The molecular weight excluding hydrogens is 362 g/mol. The minimum absolute atomic E-state index is 0.294. The number of hydrogen-bond acceptors (Lipinski definition) is 7. The molecule has 0 bridgehead atoms. The molecule has 1 aliphatic heterocycles. The Balaban J connectivity index is 1.66. The highest BCUT2D eigenvalue weighted by Crippen LogP contribution is 2.24. The summed E-state index contributed by atoms with van der Waals surface area (Å²) in [5.41, 5.74) is 11.0. The van der Waals surface area contributed by atoms with E-state index in [1.807, 2.05) is 30.5 Å². The summed E-state index contributed by atoms with van der Waals surface area (Å²) in [7, 11) is 0. The maximum atomic E-state index is 8.74. The minimum Gasteiger partial charge on any atom is -0.397 e. The maximum Gasteiger partial charge on any atom is 0.129 e. The first-order chi connectivity index (χ1) is 14.2. The second kappa shape index (κ2) is 8.36. The molecule has 4 heterocycles. The van der Waals surface area contributed by atoms with Crippen LogP contribution in [-0.4, -0.2) is 46.8 Å². The Kier molecular flexibility index (Phi) is 5.48. The first kappa shape index (κ1) is 19.0. The van der Waals surface area contributed by atoms with Gasteiger partial charge in [-0.15, -0.1) is 0 Å². The molecule has 1 fully saturated rings. The normalized spacial score (nSPS) is 14.0. The van der Waals surface area contributed by atoms with E-state index < -0.39 is 0 Å². The van der Waals surface area contributed by atoms with Crippen molar-refractivity contribution in [2.24, 2.45) is 0 Å². The Morgan fingerprint density at radius 1 is 1.17 bits per heavy atom. The molecule has 4 rings (SSSR count). The SMILES string of the molecule is CCc1cncc(-c2cc(C(=N)c3cccc(N4CCNCC4)n3)c(N)cn2)c1. The molecule has 3 aromatic heterocycles. The Labute approximate surface area is 170 Å². The quantitative estimate of drug-likeness (QED) is 0.581. The topological polar surface area (TPSA) is 104 Å². The predicted octanol–water partition coefficient (Wildman–Crippen LogP) is 2.51. The third-order valence-electron chi connectivity index (χ3n) is 5.13. The molecule has 0 atom stereocenters. The van der Waals surface area contributed by atoms with Gasteiger partial charge in [0.15, 0.2) is 0 Å². The Hall–Kier alpha value is -3.32. The first-order valence-corrected chi connectivity index (χ1v) is 9.87. The van der Waals surface area contributed by atoms with Crippen molar-refractivity contribution in [2.75, 3.05) is 36.8 Å². The van der Waals surface area contributed by atoms with E-state index in [9.17, 15) is 0 Å². The zero-order valence-corrected chi connectivity index (χ0v) is 16.5. The average Bonchev–Trinajstić information content (AvgIpc) is 2.79. The highest BCUT2D eigenvalue weighted by Gasteiger charge is 2.16. The van der Waals surface area contributed by atoms with Crippen molar-refractivity contribution in [3.05, 3.63) is 65.7 Å². The van der Waals surface area contributed by atoms with Crippen LogP contribution in [0.2, 0.25) is 0 Å². The van der Waals surface area contributed by atoms with Crippen LogP contribution >= 0.6 is 0 Å². The van der Waals surface area contributed by atoms with E-state index in [4.69, 9.17) is 16.1 Å². The smallest absolute Gasteiger partial charge is 0.129 e. The number of hydrogen-bond donors (Lipinski definition) is 3. The number of aromatic nitrogens is 3. The molecule has 0 amide bonds. The molecule has 7 nitrogen and oxygen atoms in total. The summed E-state index contributed by atoms with van der Waals surface area (Å²) >= 11 is 0. The summed E-state index contributed by atoms with van der Waals surface area (Å²) in [6, 6.07) is 9.72. The van der Waals surface area contributed by atoms with Crippen LogP contribution in [0.15, 0.2) is 48.9 Å². The fraction of sp³-hybridized carbons (Fsp3) is 0.273. The van der Waals surface area contributed by atoms with Gasteiger partial charge in [-0.1, -0.05) is 13.0 Å². The predicted molar refractivity (Wildman–Crippen MR) is 117 cm³/mol. The lowest BCUT2D eigenvalue weighted by molar-refractivity contribution is 0.585. The van der Waals surface area contributed by atoms with Crippen LogP contribution in [0, 0.1) is 5.41 Å². The zero-order valence-electron chi connectivity index (χ0n) is 16.5. The van der Waals surface area contributed by atoms with Gasteiger partial charge in [-0.05, 0) is 36.2 Å². The second-order valence-electron chi connectivity index (χ2n) is 7.09. The largest absolute Gasteiger partial charge is 0.397 e. The molecule has 3 aromatic rings. The number of rotatable bonds is 5. The van der Waals surface area contributed by atoms with Gasteiger partial charge in [-0.2, -0.15) is 0 Å². The van der Waals surface area contributed by atoms with Crippen LogP contribution in [0.25, 0.3) is 11.3 Å². The number of pyridine rings is 3. The summed E-state index contributed by atoms with van der Waals surface area (Å²) in [6.07, 6.45) is 6.16. The number of nitrogens with zero attached hydrogens (tertiary/aromatic N) is 4. The molecule has 0 radical (unpaired) electrons. The molecule has 1 aliphatic rings. The standard InChI is InChI=1S/C22H25N7/c1-2-15-10-16(13-26-12-15)20-11-17(18(23)14-27-20)22(24)19-4-3-5-21(28-19)29-8-6-25-7-9-29/h3-5,10-14,24-25H,2,6-9,23H2,1H3. The van der Waals surface area contributed by atoms with Crippen LogP contribution in [0.3, 0.4) is 0 Å². The van der Waals surface area contributed by atoms with Crippen molar-refractivity contribution in [3.63, 3.8) is 0 Å². The van der Waals surface area contributed by atoms with E-state index in [1.54, 1.807) is 12.4 Å². The third-order valence-corrected chi connectivity index (χ3v) is 5.13. The summed E-state index contributed by atoms with van der Waals surface area (Å²) in [6.45, 7) is 5.79. The van der Waals surface area contributed by atoms with Gasteiger partial charge in [0.1, 0.15) is 5.82 Å². The molecule has 7 heteroatoms. The van der Waals surface area contributed by atoms with Gasteiger partial charge >= 0.3 is 0 Å². The van der Waals surface area contributed by atoms with Gasteiger partial charge < -0.3 is 16.0 Å². The van der Waals surface area contributed by atoms with E-state index in [0.29, 0.717) is 22.7 Å². The van der Waals surface area contributed by atoms with E-state index in [1.165, 1.54) is 0 Å². The van der Waals surface area contributed by atoms with Crippen molar-refractivity contribution < 1.29 is 0 Å². The lowest BCUT2D eigenvalue weighted by Crippen LogP contribution is -2.44. The van der Waals surface area contributed by atoms with Crippen molar-refractivity contribution in [1.82, 2.24) is 20.3 Å². The van der Waals surface area contributed by atoms with Gasteiger partial charge in [0.05, 0.1) is 29.0 Å². The van der Waals surface area contributed by atoms with Crippen molar-refractivity contribution in [2.45, 2.75) is 13.3 Å². The minimum atomic E-state index is 0.294. The van der Waals surface area contributed by atoms with Crippen molar-refractivity contribution in [3.8, 4) is 11.3 Å². The van der Waals surface area contributed by atoms with Crippen LogP contribution in [0.5, 0.6) is 0 Å². The molecule has 4 N–H and O–H groups in total. The third kappa shape index (κ3) is 4.09. The number of anilines is 2. The summed E-state index contributed by atoms with van der Waals surface area (Å²) in [5.74, 6) is 0.890. The van der Waals surface area contributed by atoms with Gasteiger partial charge in [0, 0.05) is 49.7 Å². The van der Waals surface area contributed by atoms with Gasteiger partial charge in [-0.25, -0.2) is 4.98 Å². The number of nitrogen functional groups attached to an aromatic ring is 1. The fourth-order valence-corrected chi connectivity index (χ4v) is 3.43. The summed E-state index contributed by atoms with van der Waals surface area (Å²) in [5, 5.41) is 12.1. The Bertz CT molecular complexity index is 1030. The van der Waals surface area contributed by atoms with Crippen molar-refractivity contribution in [1.29, 1.82) is 5.41 Å². The molecule has 1 saturated heterocycles. The number of nitrogens with two attached hydrogens (primary N) is 1. The summed E-state index contributed by atoms with van der Waals surface area (Å²) < 4.78 is 0. The highest BCUT2D eigenvalue weighted by molar-refractivity contribution is 6.13. The van der Waals surface area contributed by atoms with Crippen LogP contribution in [0.4, 0.5) is 11.5 Å². The van der Waals surface area contributed by atoms with Crippen molar-refractivity contribution >= 4 is 17.2 Å². The molecule has 148 valence electrons. The highest BCUT2D eigenvalue weighted by atomic mass is 15.2. The monoisotopic (exact) mass is 387 g/mol. The first-order valence-electron chi connectivity index (χ1n) is 9.87. The van der Waals surface area contributed by atoms with Crippen LogP contribution in [0.1, 0.15) is 23.7 Å². The van der Waals surface area contributed by atoms with E-state index >= 15 is 0 Å². The second-order valence-corrected chi connectivity index (χ2v) is 7.09. The molecule has 0 aliphatic carbocycles. The lowest BCUT2D eigenvalue weighted by Gasteiger charge is -2.28. The molecule has 29 heavy (non-hydrogen) atoms. The molecular formula is C22H25N7. The number of nitrogens with one attached hydrogen (secondary N) is 2. The van der Waals surface area contributed by atoms with Crippen LogP contribution in [-0.2, 0) is 6.42 Å². The van der Waals surface area contributed by atoms with E-state index in [0.717, 1.165) is 55.2 Å². The fourth-order valence-electron chi connectivity index (χ4n) is 3.43. The lowest BCUT2D eigenvalue weighted by atomic mass is 10.0. The number of piperazine rings is 1. The zero-order chi connectivity index (χ0) is 20.2. The molecule has 0 unspecified atom stereocenters. The molecule has 0 aromatic carbocycles. The van der Waals surface area contributed by atoms with Gasteiger partial charge in [0.2, 0.25) is 0 Å². The molecule has 0 saturated carbocycles. The maximum absolute atomic E-state index is 8.74.